The van der Waals surface area contributed by atoms with Gasteiger partial charge in [-0.25, -0.2) is 0 Å². The van der Waals surface area contributed by atoms with Crippen LogP contribution < -0.4 is 5.32 Å². The maximum atomic E-state index is 11.9. The second-order valence-electron chi connectivity index (χ2n) is 3.24. The molecule has 0 amide bonds. The zero-order chi connectivity index (χ0) is 11.3. The molecule has 86 valence electrons. The largest absolute Gasteiger partial charge is 0.389 e. The smallest absolute Gasteiger partial charge is 0.312 e. The monoisotopic (exact) mass is 222 g/mol. The number of halogens is 3. The van der Waals surface area contributed by atoms with Crippen LogP contribution in [-0.4, -0.2) is 28.6 Å². The summed E-state index contributed by atoms with van der Waals surface area (Å²) in [5.74, 6) is 0. The van der Waals surface area contributed by atoms with Crippen LogP contribution in [0.15, 0.2) is 6.20 Å². The van der Waals surface area contributed by atoms with Crippen LogP contribution in [-0.2, 0) is 0 Å². The van der Waals surface area contributed by atoms with E-state index in [4.69, 9.17) is 0 Å². The number of H-pyrrole nitrogens is 1. The van der Waals surface area contributed by atoms with Crippen LogP contribution in [0.25, 0.3) is 0 Å². The van der Waals surface area contributed by atoms with Gasteiger partial charge in [0.2, 0.25) is 0 Å². The van der Waals surface area contributed by atoms with Crippen LogP contribution in [0.1, 0.15) is 31.0 Å². The Morgan fingerprint density at radius 1 is 1.53 bits per heavy atom. The number of aromatic amines is 1. The predicted molar refractivity (Wildman–Crippen MR) is 48.1 cm³/mol. The molecule has 0 saturated heterocycles. The molecule has 0 saturated carbocycles. The third-order valence-electron chi connectivity index (χ3n) is 2.09. The van der Waals surface area contributed by atoms with Gasteiger partial charge in [-0.2, -0.15) is 28.6 Å². The van der Waals surface area contributed by atoms with E-state index in [1.165, 1.54) is 6.20 Å². The minimum atomic E-state index is -4.08. The summed E-state index contributed by atoms with van der Waals surface area (Å²) in [6, 6.07) is -0.175. The Labute approximate surface area is 85.3 Å². The van der Waals surface area contributed by atoms with Gasteiger partial charge < -0.3 is 5.32 Å². The Bertz CT molecular complexity index is 270. The number of aromatic nitrogens is 3. The lowest BCUT2D eigenvalue weighted by atomic mass is 10.1. The standard InChI is InChI=1S/C8H13F3N4/c1-12-6(7-5-13-15-14-7)3-2-4-8(9,10)11/h5-6,12H,2-4H2,1H3,(H,13,14,15). The van der Waals surface area contributed by atoms with Gasteiger partial charge in [-0.1, -0.05) is 0 Å². The summed E-state index contributed by atoms with van der Waals surface area (Å²) in [6.07, 6.45) is -2.86. The molecular formula is C8H13F3N4. The first kappa shape index (κ1) is 12.0. The molecule has 15 heavy (non-hydrogen) atoms. The zero-order valence-electron chi connectivity index (χ0n) is 8.30. The van der Waals surface area contributed by atoms with E-state index in [9.17, 15) is 13.2 Å². The number of alkyl halides is 3. The van der Waals surface area contributed by atoms with E-state index in [-0.39, 0.29) is 12.5 Å². The normalized spacial score (nSPS) is 14.1. The third-order valence-corrected chi connectivity index (χ3v) is 2.09. The van der Waals surface area contributed by atoms with Crippen molar-refractivity contribution < 1.29 is 13.2 Å². The summed E-state index contributed by atoms with van der Waals surface area (Å²) in [7, 11) is 1.69. The van der Waals surface area contributed by atoms with E-state index in [1.54, 1.807) is 7.05 Å². The molecule has 1 heterocycles. The Balaban J connectivity index is 2.36. The van der Waals surface area contributed by atoms with Gasteiger partial charge >= 0.3 is 6.18 Å². The topological polar surface area (TPSA) is 53.6 Å². The molecule has 0 aliphatic rings. The average Bonchev–Trinajstić information content (AvgIpc) is 2.63. The SMILES string of the molecule is CNC(CCCC(F)(F)F)c1cn[nH]n1. The van der Waals surface area contributed by atoms with Crippen molar-refractivity contribution in [3.8, 4) is 0 Å². The molecule has 0 aliphatic carbocycles. The van der Waals surface area contributed by atoms with Gasteiger partial charge in [0.05, 0.1) is 17.9 Å². The van der Waals surface area contributed by atoms with Crippen LogP contribution in [0.5, 0.6) is 0 Å². The van der Waals surface area contributed by atoms with Crippen LogP contribution >= 0.6 is 0 Å². The minimum absolute atomic E-state index is 0.0852. The fraction of sp³-hybridized carbons (Fsp3) is 0.750. The van der Waals surface area contributed by atoms with Gasteiger partial charge in [0, 0.05) is 6.42 Å². The van der Waals surface area contributed by atoms with Crippen molar-refractivity contribution in [2.75, 3.05) is 7.05 Å². The lowest BCUT2D eigenvalue weighted by Crippen LogP contribution is -2.18. The Morgan fingerprint density at radius 2 is 2.27 bits per heavy atom. The molecule has 2 N–H and O–H groups in total. The van der Waals surface area contributed by atoms with Gasteiger partial charge in [-0.05, 0) is 19.9 Å². The van der Waals surface area contributed by atoms with Gasteiger partial charge in [0.1, 0.15) is 0 Å². The highest BCUT2D eigenvalue weighted by molar-refractivity contribution is 4.98. The Morgan fingerprint density at radius 3 is 2.73 bits per heavy atom. The summed E-state index contributed by atoms with van der Waals surface area (Å²) in [4.78, 5) is 0. The minimum Gasteiger partial charge on any atom is -0.312 e. The van der Waals surface area contributed by atoms with E-state index in [2.05, 4.69) is 20.7 Å². The number of nitrogens with zero attached hydrogens (tertiary/aromatic N) is 2. The van der Waals surface area contributed by atoms with Gasteiger partial charge in [0.25, 0.3) is 0 Å². The highest BCUT2D eigenvalue weighted by atomic mass is 19.4. The van der Waals surface area contributed by atoms with E-state index >= 15 is 0 Å². The van der Waals surface area contributed by atoms with Crippen molar-refractivity contribution in [2.24, 2.45) is 0 Å². The molecule has 0 fully saturated rings. The number of hydrogen-bond donors (Lipinski definition) is 2. The summed E-state index contributed by atoms with van der Waals surface area (Å²) in [5, 5.41) is 12.8. The number of hydrogen-bond acceptors (Lipinski definition) is 3. The number of rotatable bonds is 5. The lowest BCUT2D eigenvalue weighted by Gasteiger charge is -2.13. The van der Waals surface area contributed by atoms with Crippen molar-refractivity contribution in [3.05, 3.63) is 11.9 Å². The molecule has 1 rings (SSSR count). The van der Waals surface area contributed by atoms with Crippen molar-refractivity contribution in [3.63, 3.8) is 0 Å². The van der Waals surface area contributed by atoms with Gasteiger partial charge in [-0.15, -0.1) is 0 Å². The molecule has 0 bridgehead atoms. The molecular weight excluding hydrogens is 209 g/mol. The maximum absolute atomic E-state index is 11.9. The summed E-state index contributed by atoms with van der Waals surface area (Å²) in [5.41, 5.74) is 0.639. The molecule has 0 radical (unpaired) electrons. The van der Waals surface area contributed by atoms with Gasteiger partial charge in [-0.3, -0.25) is 0 Å². The summed E-state index contributed by atoms with van der Waals surface area (Å²) >= 11 is 0. The van der Waals surface area contributed by atoms with E-state index in [1.807, 2.05) is 0 Å². The van der Waals surface area contributed by atoms with Crippen molar-refractivity contribution in [1.82, 2.24) is 20.7 Å². The van der Waals surface area contributed by atoms with Crippen molar-refractivity contribution in [1.29, 1.82) is 0 Å². The fourth-order valence-electron chi connectivity index (χ4n) is 1.33. The second kappa shape index (κ2) is 5.11. The Hall–Kier alpha value is -1.11. The van der Waals surface area contributed by atoms with Gasteiger partial charge in [0.15, 0.2) is 0 Å². The quantitative estimate of drug-likeness (QED) is 0.798. The Kier molecular flexibility index (Phi) is 4.07. The molecule has 1 aromatic rings. The van der Waals surface area contributed by atoms with Crippen LogP contribution in [0.3, 0.4) is 0 Å². The summed E-state index contributed by atoms with van der Waals surface area (Å²) < 4.78 is 35.7. The highest BCUT2D eigenvalue weighted by Crippen LogP contribution is 2.25. The molecule has 0 aliphatic heterocycles. The van der Waals surface area contributed by atoms with Crippen LogP contribution in [0.4, 0.5) is 13.2 Å². The maximum Gasteiger partial charge on any atom is 0.389 e. The van der Waals surface area contributed by atoms with E-state index < -0.39 is 12.6 Å². The molecule has 1 aromatic heterocycles. The van der Waals surface area contributed by atoms with Crippen molar-refractivity contribution in [2.45, 2.75) is 31.5 Å². The van der Waals surface area contributed by atoms with Crippen LogP contribution in [0, 0.1) is 0 Å². The van der Waals surface area contributed by atoms with Crippen molar-refractivity contribution >= 4 is 0 Å². The third kappa shape index (κ3) is 4.28. The first-order valence-electron chi connectivity index (χ1n) is 4.62. The number of nitrogens with one attached hydrogen (secondary N) is 2. The highest BCUT2D eigenvalue weighted by Gasteiger charge is 2.26. The molecule has 7 heteroatoms. The molecule has 1 unspecified atom stereocenters. The average molecular weight is 222 g/mol. The van der Waals surface area contributed by atoms with E-state index in [0.29, 0.717) is 12.1 Å². The fourth-order valence-corrected chi connectivity index (χ4v) is 1.33. The zero-order valence-corrected chi connectivity index (χ0v) is 8.30. The van der Waals surface area contributed by atoms with E-state index in [0.717, 1.165) is 0 Å². The molecule has 0 spiro atoms. The second-order valence-corrected chi connectivity index (χ2v) is 3.24. The summed E-state index contributed by atoms with van der Waals surface area (Å²) in [6.45, 7) is 0. The lowest BCUT2D eigenvalue weighted by molar-refractivity contribution is -0.135. The molecule has 1 atom stereocenters. The first-order chi connectivity index (χ1) is 7.03. The molecule has 4 nitrogen and oxygen atoms in total. The van der Waals surface area contributed by atoms with Crippen LogP contribution in [0.2, 0.25) is 0 Å². The first-order valence-corrected chi connectivity index (χ1v) is 4.62. The predicted octanol–water partition coefficient (Wildman–Crippen LogP) is 1.80. The molecule has 0 aromatic carbocycles.